The first-order chi connectivity index (χ1) is 5.57. The summed E-state index contributed by atoms with van der Waals surface area (Å²) in [7, 11) is 0. The Morgan fingerprint density at radius 2 is 2.08 bits per heavy atom. The molecule has 5 heteroatoms. The number of hydrogen-bond acceptors (Lipinski definition) is 2. The molecule has 0 radical (unpaired) electrons. The molecule has 66 valence electrons. The number of halogens is 1. The van der Waals surface area contributed by atoms with E-state index in [-0.39, 0.29) is 25.9 Å². The van der Waals surface area contributed by atoms with E-state index in [0.29, 0.717) is 0 Å². The third-order valence-corrected chi connectivity index (χ3v) is 2.03. The van der Waals surface area contributed by atoms with E-state index in [1.54, 1.807) is 6.07 Å². The Labute approximate surface area is 69.2 Å². The molecule has 0 aromatic rings. The van der Waals surface area contributed by atoms with Crippen LogP contribution in [0, 0.1) is 11.3 Å². The first-order valence-electron chi connectivity index (χ1n) is 3.65. The van der Waals surface area contributed by atoms with Crippen molar-refractivity contribution in [3.05, 3.63) is 0 Å². The average molecular weight is 172 g/mol. The van der Waals surface area contributed by atoms with Crippen molar-refractivity contribution < 1.29 is 14.3 Å². The molecule has 1 rings (SSSR count). The molecule has 0 aromatic carbocycles. The van der Waals surface area contributed by atoms with Gasteiger partial charge in [0.1, 0.15) is 6.07 Å². The van der Waals surface area contributed by atoms with Crippen LogP contribution < -0.4 is 0 Å². The topological polar surface area (TPSA) is 64.3 Å². The van der Waals surface area contributed by atoms with Crippen LogP contribution in [-0.4, -0.2) is 34.9 Å². The van der Waals surface area contributed by atoms with Crippen molar-refractivity contribution in [1.29, 1.82) is 5.26 Å². The molecule has 0 aliphatic carbocycles. The van der Waals surface area contributed by atoms with Gasteiger partial charge in [-0.05, 0) is 0 Å². The minimum Gasteiger partial charge on any atom is -0.465 e. The largest absolute Gasteiger partial charge is 0.465 e. The Bertz CT molecular complexity index is 228. The molecular formula is C7H9FN2O2. The Hall–Kier alpha value is -1.31. The van der Waals surface area contributed by atoms with E-state index >= 15 is 0 Å². The van der Waals surface area contributed by atoms with Gasteiger partial charge in [-0.1, -0.05) is 0 Å². The van der Waals surface area contributed by atoms with E-state index in [1.165, 1.54) is 0 Å². The second-order valence-electron chi connectivity index (χ2n) is 2.85. The fraction of sp³-hybridized carbons (Fsp3) is 0.714. The molecule has 12 heavy (non-hydrogen) atoms. The highest BCUT2D eigenvalue weighted by atomic mass is 19.1. The Morgan fingerprint density at radius 1 is 1.58 bits per heavy atom. The third kappa shape index (κ3) is 1.64. The van der Waals surface area contributed by atoms with Gasteiger partial charge in [0.15, 0.2) is 5.67 Å². The minimum absolute atomic E-state index is 0.0181. The molecule has 0 spiro atoms. The van der Waals surface area contributed by atoms with Crippen LogP contribution in [0.5, 0.6) is 0 Å². The second-order valence-corrected chi connectivity index (χ2v) is 2.85. The maximum absolute atomic E-state index is 13.2. The summed E-state index contributed by atoms with van der Waals surface area (Å²) in [4.78, 5) is 11.5. The van der Waals surface area contributed by atoms with Crippen molar-refractivity contribution in [2.45, 2.75) is 18.5 Å². The average Bonchev–Trinajstić information content (AvgIpc) is 2.05. The molecule has 1 N–H and O–H groups in total. The summed E-state index contributed by atoms with van der Waals surface area (Å²) in [5.74, 6) is 0. The van der Waals surface area contributed by atoms with Gasteiger partial charge in [0.2, 0.25) is 0 Å². The van der Waals surface area contributed by atoms with Gasteiger partial charge in [-0.3, -0.25) is 0 Å². The maximum Gasteiger partial charge on any atom is 0.407 e. The lowest BCUT2D eigenvalue weighted by atomic mass is 9.95. The molecule has 4 nitrogen and oxygen atoms in total. The van der Waals surface area contributed by atoms with Gasteiger partial charge in [-0.25, -0.2) is 9.18 Å². The molecule has 1 amide bonds. The van der Waals surface area contributed by atoms with E-state index in [2.05, 4.69) is 0 Å². The molecule has 0 saturated carbocycles. The molecule has 0 unspecified atom stereocenters. The number of alkyl halides is 1. The Morgan fingerprint density at radius 3 is 2.42 bits per heavy atom. The van der Waals surface area contributed by atoms with Gasteiger partial charge >= 0.3 is 6.09 Å². The highest BCUT2D eigenvalue weighted by Gasteiger charge is 2.35. The lowest BCUT2D eigenvalue weighted by Crippen LogP contribution is -2.43. The van der Waals surface area contributed by atoms with Crippen LogP contribution in [-0.2, 0) is 0 Å². The van der Waals surface area contributed by atoms with Gasteiger partial charge in [0.05, 0.1) is 0 Å². The van der Waals surface area contributed by atoms with Crippen LogP contribution in [0.25, 0.3) is 0 Å². The molecule has 1 saturated heterocycles. The smallest absolute Gasteiger partial charge is 0.407 e. The number of likely N-dealkylation sites (tertiary alicyclic amines) is 1. The van der Waals surface area contributed by atoms with Gasteiger partial charge in [-0.15, -0.1) is 0 Å². The predicted octanol–water partition coefficient (Wildman–Crippen LogP) is 0.992. The van der Waals surface area contributed by atoms with Gasteiger partial charge in [0, 0.05) is 25.9 Å². The number of rotatable bonds is 0. The van der Waals surface area contributed by atoms with Crippen LogP contribution in [0.2, 0.25) is 0 Å². The second kappa shape index (κ2) is 2.97. The molecule has 0 bridgehead atoms. The van der Waals surface area contributed by atoms with Crippen molar-refractivity contribution in [3.63, 3.8) is 0 Å². The normalized spacial score (nSPS) is 21.5. The minimum atomic E-state index is -1.81. The van der Waals surface area contributed by atoms with E-state index in [9.17, 15) is 9.18 Å². The number of nitriles is 1. The third-order valence-electron chi connectivity index (χ3n) is 2.03. The van der Waals surface area contributed by atoms with Crippen molar-refractivity contribution in [3.8, 4) is 6.07 Å². The fourth-order valence-electron chi connectivity index (χ4n) is 1.16. The van der Waals surface area contributed by atoms with Gasteiger partial charge < -0.3 is 10.0 Å². The zero-order chi connectivity index (χ0) is 9.19. The van der Waals surface area contributed by atoms with Gasteiger partial charge in [-0.2, -0.15) is 5.26 Å². The highest BCUT2D eigenvalue weighted by Crippen LogP contribution is 2.25. The summed E-state index contributed by atoms with van der Waals surface area (Å²) >= 11 is 0. The predicted molar refractivity (Wildman–Crippen MR) is 38.3 cm³/mol. The van der Waals surface area contributed by atoms with Crippen LogP contribution in [0.3, 0.4) is 0 Å². The summed E-state index contributed by atoms with van der Waals surface area (Å²) in [5, 5.41) is 16.9. The van der Waals surface area contributed by atoms with Crippen LogP contribution >= 0.6 is 0 Å². The summed E-state index contributed by atoms with van der Waals surface area (Å²) in [6, 6.07) is 1.55. The highest BCUT2D eigenvalue weighted by molar-refractivity contribution is 5.65. The quantitative estimate of drug-likeness (QED) is 0.592. The SMILES string of the molecule is N#CC1(F)CCN(C(=O)O)CC1. The molecular weight excluding hydrogens is 163 g/mol. The van der Waals surface area contributed by atoms with E-state index < -0.39 is 11.8 Å². The van der Waals surface area contributed by atoms with Crippen molar-refractivity contribution in [1.82, 2.24) is 4.90 Å². The number of hydrogen-bond donors (Lipinski definition) is 1. The fourth-order valence-corrected chi connectivity index (χ4v) is 1.16. The monoisotopic (exact) mass is 172 g/mol. The lowest BCUT2D eigenvalue weighted by Gasteiger charge is -2.30. The molecule has 0 atom stereocenters. The standard InChI is InChI=1S/C7H9FN2O2/c8-7(5-9)1-3-10(4-2-7)6(11)12/h1-4H2,(H,11,12). The van der Waals surface area contributed by atoms with Crippen LogP contribution in [0.15, 0.2) is 0 Å². The molecule has 1 fully saturated rings. The maximum atomic E-state index is 13.2. The summed E-state index contributed by atoms with van der Waals surface area (Å²) < 4.78 is 13.2. The number of carbonyl (C=O) groups is 1. The summed E-state index contributed by atoms with van der Waals surface area (Å²) in [6.07, 6.45) is -1.08. The van der Waals surface area contributed by atoms with Crippen molar-refractivity contribution >= 4 is 6.09 Å². The first kappa shape index (κ1) is 8.78. The van der Waals surface area contributed by atoms with Gasteiger partial charge in [0.25, 0.3) is 0 Å². The van der Waals surface area contributed by atoms with Crippen LogP contribution in [0.1, 0.15) is 12.8 Å². The number of amides is 1. The first-order valence-corrected chi connectivity index (χ1v) is 3.65. The van der Waals surface area contributed by atoms with Crippen LogP contribution in [0.4, 0.5) is 9.18 Å². The zero-order valence-corrected chi connectivity index (χ0v) is 6.46. The zero-order valence-electron chi connectivity index (χ0n) is 6.46. The lowest BCUT2D eigenvalue weighted by molar-refractivity contribution is 0.0899. The Kier molecular flexibility index (Phi) is 2.18. The molecule has 0 aromatic heterocycles. The van der Waals surface area contributed by atoms with E-state index in [0.717, 1.165) is 4.90 Å². The Balaban J connectivity index is 2.51. The molecule has 1 aliphatic heterocycles. The summed E-state index contributed by atoms with van der Waals surface area (Å²) in [6.45, 7) is 0.221. The van der Waals surface area contributed by atoms with Crippen molar-refractivity contribution in [2.24, 2.45) is 0 Å². The van der Waals surface area contributed by atoms with E-state index in [4.69, 9.17) is 10.4 Å². The summed E-state index contributed by atoms with van der Waals surface area (Å²) in [5.41, 5.74) is -1.81. The number of carboxylic acid groups (broad SMARTS) is 1. The molecule has 1 heterocycles. The molecule has 1 aliphatic rings. The number of piperidine rings is 1. The van der Waals surface area contributed by atoms with Crippen molar-refractivity contribution in [2.75, 3.05) is 13.1 Å². The van der Waals surface area contributed by atoms with E-state index in [1.807, 2.05) is 0 Å². The number of nitrogens with zero attached hydrogens (tertiary/aromatic N) is 2.